The van der Waals surface area contributed by atoms with E-state index in [0.717, 1.165) is 25.7 Å². The fourth-order valence-corrected chi connectivity index (χ4v) is 3.09. The molecule has 0 spiro atoms. The molecule has 1 aromatic carbocycles. The van der Waals surface area contributed by atoms with Crippen LogP contribution in [0.25, 0.3) is 0 Å². The number of rotatable bonds is 5. The van der Waals surface area contributed by atoms with Gasteiger partial charge in [0, 0.05) is 17.8 Å². The summed E-state index contributed by atoms with van der Waals surface area (Å²) in [6, 6.07) is 12.2. The van der Waals surface area contributed by atoms with Crippen molar-refractivity contribution in [1.29, 1.82) is 0 Å². The molecule has 0 atom stereocenters. The van der Waals surface area contributed by atoms with Crippen LogP contribution >= 0.6 is 0 Å². The van der Waals surface area contributed by atoms with Crippen molar-refractivity contribution in [1.82, 2.24) is 10.3 Å². The smallest absolute Gasteiger partial charge is 0.274 e. The molecule has 0 aliphatic heterocycles. The number of methoxy groups -OCH3 is 1. The second-order valence-corrected chi connectivity index (χ2v) is 6.40. The summed E-state index contributed by atoms with van der Waals surface area (Å²) in [5, 5.41) is 5.78. The van der Waals surface area contributed by atoms with Gasteiger partial charge in [0.2, 0.25) is 0 Å². The van der Waals surface area contributed by atoms with Gasteiger partial charge >= 0.3 is 0 Å². The van der Waals surface area contributed by atoms with E-state index in [4.69, 9.17) is 4.74 Å². The highest BCUT2D eigenvalue weighted by Crippen LogP contribution is 2.18. The first kappa shape index (κ1) is 17.9. The fraction of sp³-hybridized carbons (Fsp3) is 0.350. The van der Waals surface area contributed by atoms with Gasteiger partial charge in [-0.05, 0) is 37.1 Å². The van der Waals surface area contributed by atoms with Crippen molar-refractivity contribution < 1.29 is 14.3 Å². The van der Waals surface area contributed by atoms with Crippen LogP contribution in [0.3, 0.4) is 0 Å². The average molecular weight is 353 g/mol. The standard InChI is InChI=1S/C20H23N3O3/c1-26-16-10-5-9-15(13-16)22-20(25)18-12-6-11-17(23-18)19(24)21-14-7-3-2-4-8-14/h5-6,9-14H,2-4,7-8H2,1H3,(H,21,24)(H,22,25). The molecule has 1 aromatic heterocycles. The van der Waals surface area contributed by atoms with Crippen molar-refractivity contribution >= 4 is 17.5 Å². The number of pyridine rings is 1. The fourth-order valence-electron chi connectivity index (χ4n) is 3.09. The van der Waals surface area contributed by atoms with Crippen molar-refractivity contribution in [3.63, 3.8) is 0 Å². The topological polar surface area (TPSA) is 80.3 Å². The largest absolute Gasteiger partial charge is 0.497 e. The molecular formula is C20H23N3O3. The van der Waals surface area contributed by atoms with Gasteiger partial charge in [0.1, 0.15) is 17.1 Å². The van der Waals surface area contributed by atoms with E-state index in [0.29, 0.717) is 11.4 Å². The number of benzene rings is 1. The van der Waals surface area contributed by atoms with Gasteiger partial charge in [-0.25, -0.2) is 4.98 Å². The van der Waals surface area contributed by atoms with Crippen LogP contribution < -0.4 is 15.4 Å². The summed E-state index contributed by atoms with van der Waals surface area (Å²) in [7, 11) is 1.57. The number of hydrogen-bond donors (Lipinski definition) is 2. The second kappa shape index (κ2) is 8.47. The molecule has 3 rings (SSSR count). The number of aromatic nitrogens is 1. The molecular weight excluding hydrogens is 330 g/mol. The zero-order valence-electron chi connectivity index (χ0n) is 14.8. The number of amides is 2. The van der Waals surface area contributed by atoms with Crippen LogP contribution in [0.5, 0.6) is 5.75 Å². The Morgan fingerprint density at radius 1 is 1.00 bits per heavy atom. The molecule has 1 heterocycles. The van der Waals surface area contributed by atoms with Crippen molar-refractivity contribution in [3.8, 4) is 5.75 Å². The van der Waals surface area contributed by atoms with Crippen LogP contribution in [0, 0.1) is 0 Å². The Labute approximate surface area is 153 Å². The second-order valence-electron chi connectivity index (χ2n) is 6.40. The van der Waals surface area contributed by atoms with Gasteiger partial charge in [-0.2, -0.15) is 0 Å². The van der Waals surface area contributed by atoms with Gasteiger partial charge in [0.05, 0.1) is 7.11 Å². The Kier molecular flexibility index (Phi) is 5.84. The van der Waals surface area contributed by atoms with Crippen LogP contribution in [0.2, 0.25) is 0 Å². The van der Waals surface area contributed by atoms with Gasteiger partial charge < -0.3 is 15.4 Å². The van der Waals surface area contributed by atoms with Crippen LogP contribution in [0.4, 0.5) is 5.69 Å². The molecule has 6 heteroatoms. The maximum absolute atomic E-state index is 12.4. The van der Waals surface area contributed by atoms with Crippen LogP contribution in [0.15, 0.2) is 42.5 Å². The normalized spacial score (nSPS) is 14.5. The molecule has 136 valence electrons. The zero-order valence-corrected chi connectivity index (χ0v) is 14.8. The molecule has 1 saturated carbocycles. The Bertz CT molecular complexity index is 785. The van der Waals surface area contributed by atoms with Crippen molar-refractivity contribution in [2.75, 3.05) is 12.4 Å². The Balaban J connectivity index is 1.67. The highest BCUT2D eigenvalue weighted by Gasteiger charge is 2.18. The summed E-state index contributed by atoms with van der Waals surface area (Å²) in [4.78, 5) is 29.1. The van der Waals surface area contributed by atoms with Crippen LogP contribution in [-0.2, 0) is 0 Å². The molecule has 26 heavy (non-hydrogen) atoms. The van der Waals surface area contributed by atoms with Gasteiger partial charge in [-0.15, -0.1) is 0 Å². The number of nitrogens with zero attached hydrogens (tertiary/aromatic N) is 1. The molecule has 2 aromatic rings. The summed E-state index contributed by atoms with van der Waals surface area (Å²) in [6.07, 6.45) is 5.51. The lowest BCUT2D eigenvalue weighted by Gasteiger charge is -2.22. The van der Waals surface area contributed by atoms with E-state index in [1.54, 1.807) is 49.6 Å². The summed E-state index contributed by atoms with van der Waals surface area (Å²) in [5.74, 6) is 0.0508. The molecule has 0 bridgehead atoms. The molecule has 2 N–H and O–H groups in total. The number of carbonyl (C=O) groups is 2. The average Bonchev–Trinajstić information content (AvgIpc) is 2.69. The maximum atomic E-state index is 12.4. The molecule has 1 aliphatic carbocycles. The van der Waals surface area contributed by atoms with Crippen LogP contribution in [-0.4, -0.2) is 29.9 Å². The lowest BCUT2D eigenvalue weighted by molar-refractivity contribution is 0.0922. The third-order valence-corrected chi connectivity index (χ3v) is 4.48. The predicted octanol–water partition coefficient (Wildman–Crippen LogP) is 3.41. The molecule has 1 fully saturated rings. The van der Waals surface area contributed by atoms with Gasteiger partial charge in [0.15, 0.2) is 0 Å². The van der Waals surface area contributed by atoms with E-state index in [1.165, 1.54) is 6.42 Å². The first-order valence-corrected chi connectivity index (χ1v) is 8.89. The van der Waals surface area contributed by atoms with E-state index in [-0.39, 0.29) is 29.2 Å². The Morgan fingerprint density at radius 3 is 2.42 bits per heavy atom. The monoisotopic (exact) mass is 353 g/mol. The molecule has 1 aliphatic rings. The molecule has 6 nitrogen and oxygen atoms in total. The quantitative estimate of drug-likeness (QED) is 0.863. The Morgan fingerprint density at radius 2 is 1.69 bits per heavy atom. The lowest BCUT2D eigenvalue weighted by atomic mass is 9.95. The molecule has 0 unspecified atom stereocenters. The van der Waals surface area contributed by atoms with Crippen molar-refractivity contribution in [3.05, 3.63) is 53.9 Å². The number of anilines is 1. The van der Waals surface area contributed by atoms with E-state index >= 15 is 0 Å². The number of nitrogens with one attached hydrogen (secondary N) is 2. The first-order chi connectivity index (χ1) is 12.7. The van der Waals surface area contributed by atoms with Gasteiger partial charge in [-0.3, -0.25) is 9.59 Å². The minimum atomic E-state index is -0.370. The molecule has 0 radical (unpaired) electrons. The first-order valence-electron chi connectivity index (χ1n) is 8.89. The zero-order chi connectivity index (χ0) is 18.4. The summed E-state index contributed by atoms with van der Waals surface area (Å²) in [6.45, 7) is 0. The number of hydrogen-bond acceptors (Lipinski definition) is 4. The minimum absolute atomic E-state index is 0.198. The highest BCUT2D eigenvalue weighted by molar-refractivity contribution is 6.04. The number of carbonyl (C=O) groups excluding carboxylic acids is 2. The van der Waals surface area contributed by atoms with E-state index in [1.807, 2.05) is 0 Å². The van der Waals surface area contributed by atoms with Gasteiger partial charge in [-0.1, -0.05) is 31.4 Å². The highest BCUT2D eigenvalue weighted by atomic mass is 16.5. The number of ether oxygens (including phenoxy) is 1. The third-order valence-electron chi connectivity index (χ3n) is 4.48. The maximum Gasteiger partial charge on any atom is 0.274 e. The minimum Gasteiger partial charge on any atom is -0.497 e. The van der Waals surface area contributed by atoms with Crippen molar-refractivity contribution in [2.45, 2.75) is 38.1 Å². The third kappa shape index (κ3) is 4.59. The summed E-state index contributed by atoms with van der Waals surface area (Å²) < 4.78 is 5.14. The lowest BCUT2D eigenvalue weighted by Crippen LogP contribution is -2.36. The van der Waals surface area contributed by atoms with Crippen LogP contribution in [0.1, 0.15) is 53.1 Å². The summed E-state index contributed by atoms with van der Waals surface area (Å²) >= 11 is 0. The molecule has 2 amide bonds. The van der Waals surface area contributed by atoms with E-state index in [9.17, 15) is 9.59 Å². The summed E-state index contributed by atoms with van der Waals surface area (Å²) in [5.41, 5.74) is 1.06. The van der Waals surface area contributed by atoms with Gasteiger partial charge in [0.25, 0.3) is 11.8 Å². The Hall–Kier alpha value is -2.89. The van der Waals surface area contributed by atoms with E-state index in [2.05, 4.69) is 15.6 Å². The van der Waals surface area contributed by atoms with E-state index < -0.39 is 0 Å². The SMILES string of the molecule is COc1cccc(NC(=O)c2cccc(C(=O)NC3CCCCC3)n2)c1. The molecule has 0 saturated heterocycles. The predicted molar refractivity (Wildman–Crippen MR) is 99.5 cm³/mol. The van der Waals surface area contributed by atoms with Crippen molar-refractivity contribution in [2.24, 2.45) is 0 Å².